The van der Waals surface area contributed by atoms with Crippen LogP contribution in [0.1, 0.15) is 18.4 Å². The number of hydrogen-bond donors (Lipinski definition) is 4. The second-order valence-corrected chi connectivity index (χ2v) is 4.12. The monoisotopic (exact) mass is 236 g/mol. The summed E-state index contributed by atoms with van der Waals surface area (Å²) in [5.74, 6) is 0. The normalized spacial score (nSPS) is 10.3. The second kappa shape index (κ2) is 7.92. The molecule has 0 aliphatic rings. The number of hydrogen-bond acceptors (Lipinski definition) is 4. The zero-order valence-corrected chi connectivity index (χ0v) is 10.6. The van der Waals surface area contributed by atoms with Gasteiger partial charge in [-0.05, 0) is 50.6 Å². The zero-order valence-electron chi connectivity index (χ0n) is 10.6. The Labute approximate surface area is 104 Å². The fourth-order valence-corrected chi connectivity index (χ4v) is 1.67. The molecule has 0 aliphatic carbocycles. The molecular weight excluding hydrogens is 212 g/mol. The van der Waals surface area contributed by atoms with Crippen LogP contribution in [0.15, 0.2) is 18.2 Å². The van der Waals surface area contributed by atoms with Gasteiger partial charge in [0, 0.05) is 24.5 Å². The van der Waals surface area contributed by atoms with E-state index in [2.05, 4.69) is 35.8 Å². The lowest BCUT2D eigenvalue weighted by atomic mass is 10.1. The number of rotatable bonds is 8. The fraction of sp³-hybridized carbons (Fsp3) is 0.538. The van der Waals surface area contributed by atoms with Crippen molar-refractivity contribution in [1.29, 1.82) is 0 Å². The maximum absolute atomic E-state index is 5.48. The molecule has 0 saturated carbocycles. The average molecular weight is 236 g/mol. The summed E-state index contributed by atoms with van der Waals surface area (Å²) >= 11 is 0. The lowest BCUT2D eigenvalue weighted by molar-refractivity contribution is 0.870. The Morgan fingerprint density at radius 2 is 1.41 bits per heavy atom. The van der Waals surface area contributed by atoms with Crippen molar-refractivity contribution in [2.75, 3.05) is 36.8 Å². The molecule has 0 unspecified atom stereocenters. The van der Waals surface area contributed by atoms with E-state index in [1.807, 2.05) is 0 Å². The van der Waals surface area contributed by atoms with Gasteiger partial charge in [0.1, 0.15) is 0 Å². The molecular formula is C13H24N4. The largest absolute Gasteiger partial charge is 0.385 e. The lowest BCUT2D eigenvalue weighted by Gasteiger charge is -2.14. The van der Waals surface area contributed by atoms with Gasteiger partial charge < -0.3 is 22.1 Å². The van der Waals surface area contributed by atoms with Crippen LogP contribution in [0, 0.1) is 6.92 Å². The maximum atomic E-state index is 5.48. The van der Waals surface area contributed by atoms with Crippen LogP contribution in [0.2, 0.25) is 0 Å². The van der Waals surface area contributed by atoms with Gasteiger partial charge in [-0.2, -0.15) is 0 Å². The van der Waals surface area contributed by atoms with Crippen molar-refractivity contribution in [3.8, 4) is 0 Å². The first-order valence-corrected chi connectivity index (χ1v) is 6.27. The van der Waals surface area contributed by atoms with Crippen molar-refractivity contribution in [1.82, 2.24) is 0 Å². The van der Waals surface area contributed by atoms with Crippen molar-refractivity contribution in [3.63, 3.8) is 0 Å². The summed E-state index contributed by atoms with van der Waals surface area (Å²) in [6, 6.07) is 6.25. The second-order valence-electron chi connectivity index (χ2n) is 4.12. The predicted molar refractivity (Wildman–Crippen MR) is 75.5 cm³/mol. The third kappa shape index (κ3) is 4.63. The lowest BCUT2D eigenvalue weighted by Crippen LogP contribution is -2.11. The van der Waals surface area contributed by atoms with Gasteiger partial charge >= 0.3 is 0 Å². The minimum absolute atomic E-state index is 0.723. The van der Waals surface area contributed by atoms with Crippen LogP contribution >= 0.6 is 0 Å². The molecule has 0 heterocycles. The SMILES string of the molecule is Cc1c(NCCCN)cccc1NCCCN. The summed E-state index contributed by atoms with van der Waals surface area (Å²) in [5, 5.41) is 6.80. The smallest absolute Gasteiger partial charge is 0.0390 e. The highest BCUT2D eigenvalue weighted by Crippen LogP contribution is 2.23. The Morgan fingerprint density at radius 3 is 1.82 bits per heavy atom. The van der Waals surface area contributed by atoms with Gasteiger partial charge in [-0.1, -0.05) is 6.07 Å². The first kappa shape index (κ1) is 13.8. The Hall–Kier alpha value is -1.26. The van der Waals surface area contributed by atoms with E-state index in [0.717, 1.165) is 39.0 Å². The summed E-state index contributed by atoms with van der Waals surface area (Å²) in [5.41, 5.74) is 14.6. The fourth-order valence-electron chi connectivity index (χ4n) is 1.67. The third-order valence-electron chi connectivity index (χ3n) is 2.73. The first-order chi connectivity index (χ1) is 8.29. The Balaban J connectivity index is 2.56. The van der Waals surface area contributed by atoms with Gasteiger partial charge in [0.25, 0.3) is 0 Å². The van der Waals surface area contributed by atoms with E-state index in [4.69, 9.17) is 11.5 Å². The van der Waals surface area contributed by atoms with E-state index in [-0.39, 0.29) is 0 Å². The molecule has 1 aromatic carbocycles. The predicted octanol–water partition coefficient (Wildman–Crippen LogP) is 1.52. The molecule has 96 valence electrons. The standard InChI is InChI=1S/C13H24N4/c1-11-12(16-9-3-7-14)5-2-6-13(11)17-10-4-8-15/h2,5-6,16-17H,3-4,7-10,14-15H2,1H3. The molecule has 4 heteroatoms. The first-order valence-electron chi connectivity index (χ1n) is 6.27. The van der Waals surface area contributed by atoms with Crippen LogP contribution in [-0.2, 0) is 0 Å². The molecule has 0 aromatic heterocycles. The molecule has 4 nitrogen and oxygen atoms in total. The van der Waals surface area contributed by atoms with Crippen molar-refractivity contribution in [3.05, 3.63) is 23.8 Å². The highest BCUT2D eigenvalue weighted by atomic mass is 14.9. The summed E-state index contributed by atoms with van der Waals surface area (Å²) in [7, 11) is 0. The van der Waals surface area contributed by atoms with E-state index in [1.165, 1.54) is 16.9 Å². The molecule has 6 N–H and O–H groups in total. The van der Waals surface area contributed by atoms with Crippen molar-refractivity contribution < 1.29 is 0 Å². The molecule has 1 aromatic rings. The Kier molecular flexibility index (Phi) is 6.43. The van der Waals surface area contributed by atoms with E-state index in [0.29, 0.717) is 0 Å². The minimum Gasteiger partial charge on any atom is -0.385 e. The molecule has 0 aliphatic heterocycles. The molecule has 0 radical (unpaired) electrons. The van der Waals surface area contributed by atoms with Crippen LogP contribution in [-0.4, -0.2) is 26.2 Å². The van der Waals surface area contributed by atoms with Crippen LogP contribution < -0.4 is 22.1 Å². The van der Waals surface area contributed by atoms with E-state index < -0.39 is 0 Å². The summed E-state index contributed by atoms with van der Waals surface area (Å²) in [6.07, 6.45) is 1.98. The molecule has 0 bridgehead atoms. The highest BCUT2D eigenvalue weighted by molar-refractivity contribution is 5.64. The molecule has 0 spiro atoms. The van der Waals surface area contributed by atoms with E-state index in [9.17, 15) is 0 Å². The highest BCUT2D eigenvalue weighted by Gasteiger charge is 2.02. The summed E-state index contributed by atoms with van der Waals surface area (Å²) < 4.78 is 0. The minimum atomic E-state index is 0.723. The number of benzene rings is 1. The van der Waals surface area contributed by atoms with Gasteiger partial charge in [-0.25, -0.2) is 0 Å². The zero-order chi connectivity index (χ0) is 12.5. The summed E-state index contributed by atoms with van der Waals surface area (Å²) in [6.45, 7) is 5.41. The van der Waals surface area contributed by atoms with Crippen molar-refractivity contribution in [2.45, 2.75) is 19.8 Å². The molecule has 0 fully saturated rings. The number of anilines is 2. The van der Waals surface area contributed by atoms with Crippen LogP contribution in [0.3, 0.4) is 0 Å². The van der Waals surface area contributed by atoms with Crippen molar-refractivity contribution in [2.24, 2.45) is 11.5 Å². The summed E-state index contributed by atoms with van der Waals surface area (Å²) in [4.78, 5) is 0. The molecule has 0 atom stereocenters. The van der Waals surface area contributed by atoms with Gasteiger partial charge in [0.2, 0.25) is 0 Å². The maximum Gasteiger partial charge on any atom is 0.0390 e. The van der Waals surface area contributed by atoms with Gasteiger partial charge in [-0.15, -0.1) is 0 Å². The Bertz CT molecular complexity index is 297. The quantitative estimate of drug-likeness (QED) is 0.516. The number of nitrogens with two attached hydrogens (primary N) is 2. The van der Waals surface area contributed by atoms with Crippen molar-refractivity contribution >= 4 is 11.4 Å². The molecule has 1 rings (SSSR count). The molecule has 0 saturated heterocycles. The van der Waals surface area contributed by atoms with Gasteiger partial charge in [0.15, 0.2) is 0 Å². The van der Waals surface area contributed by atoms with Crippen LogP contribution in [0.5, 0.6) is 0 Å². The van der Waals surface area contributed by atoms with E-state index >= 15 is 0 Å². The van der Waals surface area contributed by atoms with Crippen LogP contribution in [0.4, 0.5) is 11.4 Å². The number of nitrogens with one attached hydrogen (secondary N) is 2. The topological polar surface area (TPSA) is 76.1 Å². The molecule has 0 amide bonds. The van der Waals surface area contributed by atoms with E-state index in [1.54, 1.807) is 0 Å². The molecule has 17 heavy (non-hydrogen) atoms. The third-order valence-corrected chi connectivity index (χ3v) is 2.73. The Morgan fingerprint density at radius 1 is 0.941 bits per heavy atom. The van der Waals surface area contributed by atoms with Crippen LogP contribution in [0.25, 0.3) is 0 Å². The average Bonchev–Trinajstić information content (AvgIpc) is 2.34. The van der Waals surface area contributed by atoms with Gasteiger partial charge in [-0.3, -0.25) is 0 Å². The van der Waals surface area contributed by atoms with Gasteiger partial charge in [0.05, 0.1) is 0 Å².